The fraction of sp³-hybridized carbons (Fsp3) is 0.250. The Labute approximate surface area is 98.7 Å². The molecule has 1 aromatic carbocycles. The van der Waals surface area contributed by atoms with E-state index in [9.17, 15) is 21.6 Å². The zero-order chi connectivity index (χ0) is 12.6. The van der Waals surface area contributed by atoms with E-state index < -0.39 is 20.2 Å². The van der Waals surface area contributed by atoms with Gasteiger partial charge in [0, 0.05) is 17.2 Å². The second-order valence-electron chi connectivity index (χ2n) is 2.84. The van der Waals surface area contributed by atoms with Crippen LogP contribution in [0, 0.1) is 0 Å². The summed E-state index contributed by atoms with van der Waals surface area (Å²) in [6, 6.07) is 3.07. The van der Waals surface area contributed by atoms with Crippen molar-refractivity contribution in [3.05, 3.63) is 22.7 Å². The van der Waals surface area contributed by atoms with Gasteiger partial charge < -0.3 is 5.32 Å². The van der Waals surface area contributed by atoms with E-state index in [4.69, 9.17) is 0 Å². The topological polar surface area (TPSA) is 46.2 Å². The van der Waals surface area contributed by atoms with Crippen LogP contribution in [-0.2, 0) is 9.84 Å². The summed E-state index contributed by atoms with van der Waals surface area (Å²) >= 11 is 2.97. The molecule has 0 radical (unpaired) electrons. The maximum atomic E-state index is 12.2. The Morgan fingerprint density at radius 2 is 1.88 bits per heavy atom. The summed E-state index contributed by atoms with van der Waals surface area (Å²) in [5, 5.41) is 2.69. The fourth-order valence-corrected chi connectivity index (χ4v) is 2.52. The van der Waals surface area contributed by atoms with Gasteiger partial charge in [0.2, 0.25) is 0 Å². The summed E-state index contributed by atoms with van der Waals surface area (Å²) in [6.07, 6.45) is 0. The molecule has 0 aliphatic rings. The maximum Gasteiger partial charge on any atom is 0.501 e. The summed E-state index contributed by atoms with van der Waals surface area (Å²) in [6.45, 7) is 0. The third-order valence-electron chi connectivity index (χ3n) is 1.82. The van der Waals surface area contributed by atoms with Crippen molar-refractivity contribution in [2.75, 3.05) is 12.4 Å². The molecular formula is C8H7BrF3NO2S. The highest BCUT2D eigenvalue weighted by Crippen LogP contribution is 2.33. The van der Waals surface area contributed by atoms with E-state index >= 15 is 0 Å². The van der Waals surface area contributed by atoms with Crippen LogP contribution in [0.2, 0.25) is 0 Å². The minimum atomic E-state index is -5.28. The Kier molecular flexibility index (Phi) is 3.53. The Bertz CT molecular complexity index is 498. The predicted molar refractivity (Wildman–Crippen MR) is 56.9 cm³/mol. The highest BCUT2D eigenvalue weighted by Gasteiger charge is 2.46. The van der Waals surface area contributed by atoms with E-state index in [0.29, 0.717) is 5.69 Å². The third-order valence-corrected chi connectivity index (χ3v) is 3.96. The fourth-order valence-electron chi connectivity index (χ4n) is 0.999. The molecule has 0 aliphatic heterocycles. The number of sulfone groups is 1. The summed E-state index contributed by atoms with van der Waals surface area (Å²) < 4.78 is 59.0. The third kappa shape index (κ3) is 2.32. The molecule has 90 valence electrons. The minimum Gasteiger partial charge on any atom is -0.387 e. The molecule has 1 rings (SSSR count). The minimum absolute atomic E-state index is 0.250. The molecule has 8 heteroatoms. The Morgan fingerprint density at radius 1 is 1.31 bits per heavy atom. The Morgan fingerprint density at radius 3 is 2.25 bits per heavy atom. The zero-order valence-corrected chi connectivity index (χ0v) is 10.4. The lowest BCUT2D eigenvalue weighted by Crippen LogP contribution is -2.23. The van der Waals surface area contributed by atoms with Crippen LogP contribution in [0.1, 0.15) is 0 Å². The zero-order valence-electron chi connectivity index (χ0n) is 7.97. The average molecular weight is 318 g/mol. The van der Waals surface area contributed by atoms with Gasteiger partial charge in [-0.25, -0.2) is 8.42 Å². The molecule has 16 heavy (non-hydrogen) atoms. The van der Waals surface area contributed by atoms with Gasteiger partial charge in [-0.05, 0) is 34.1 Å². The van der Waals surface area contributed by atoms with Crippen molar-refractivity contribution in [3.63, 3.8) is 0 Å². The summed E-state index contributed by atoms with van der Waals surface area (Å²) in [5.74, 6) is 0. The number of hydrogen-bond acceptors (Lipinski definition) is 3. The van der Waals surface area contributed by atoms with Crippen molar-refractivity contribution in [2.24, 2.45) is 0 Å². The molecule has 0 spiro atoms. The molecule has 0 unspecified atom stereocenters. The van der Waals surface area contributed by atoms with Crippen LogP contribution in [0.4, 0.5) is 18.9 Å². The lowest BCUT2D eigenvalue weighted by Gasteiger charge is -2.10. The number of rotatable bonds is 2. The highest BCUT2D eigenvalue weighted by molar-refractivity contribution is 9.10. The van der Waals surface area contributed by atoms with Crippen molar-refractivity contribution in [2.45, 2.75) is 10.4 Å². The SMILES string of the molecule is CNc1ccc(S(=O)(=O)C(F)(F)F)cc1Br. The molecule has 0 aromatic heterocycles. The van der Waals surface area contributed by atoms with Gasteiger partial charge in [-0.3, -0.25) is 0 Å². The highest BCUT2D eigenvalue weighted by atomic mass is 79.9. The largest absolute Gasteiger partial charge is 0.501 e. The van der Waals surface area contributed by atoms with Crippen LogP contribution in [0.3, 0.4) is 0 Å². The van der Waals surface area contributed by atoms with Crippen LogP contribution < -0.4 is 5.32 Å². The first kappa shape index (κ1) is 13.3. The number of anilines is 1. The predicted octanol–water partition coefficient (Wildman–Crippen LogP) is 2.78. The van der Waals surface area contributed by atoms with E-state index in [0.717, 1.165) is 12.1 Å². The van der Waals surface area contributed by atoms with Gasteiger partial charge in [-0.15, -0.1) is 0 Å². The molecule has 0 saturated heterocycles. The van der Waals surface area contributed by atoms with Gasteiger partial charge in [0.1, 0.15) is 0 Å². The quantitative estimate of drug-likeness (QED) is 0.912. The molecule has 0 bridgehead atoms. The van der Waals surface area contributed by atoms with E-state index in [1.54, 1.807) is 7.05 Å². The van der Waals surface area contributed by atoms with E-state index in [-0.39, 0.29) is 4.47 Å². The van der Waals surface area contributed by atoms with Gasteiger partial charge in [-0.1, -0.05) is 0 Å². The molecular weight excluding hydrogens is 311 g/mol. The monoisotopic (exact) mass is 317 g/mol. The van der Waals surface area contributed by atoms with Crippen LogP contribution >= 0.6 is 15.9 Å². The van der Waals surface area contributed by atoms with E-state index in [1.807, 2.05) is 0 Å². The smallest absolute Gasteiger partial charge is 0.387 e. The normalized spacial score (nSPS) is 12.6. The first-order chi connectivity index (χ1) is 7.20. The lowest BCUT2D eigenvalue weighted by molar-refractivity contribution is -0.0436. The van der Waals surface area contributed by atoms with Gasteiger partial charge in [-0.2, -0.15) is 13.2 Å². The van der Waals surface area contributed by atoms with Crippen molar-refractivity contribution in [1.82, 2.24) is 0 Å². The van der Waals surface area contributed by atoms with Crippen LogP contribution in [0.5, 0.6) is 0 Å². The summed E-state index contributed by atoms with van der Waals surface area (Å²) in [5.41, 5.74) is -4.78. The number of hydrogen-bond donors (Lipinski definition) is 1. The Hall–Kier alpha value is -0.760. The standard InChI is InChI=1S/C8H7BrF3NO2S/c1-13-7-3-2-5(4-6(7)9)16(14,15)8(10,11)12/h2-4,13H,1H3. The number of halogens is 4. The Balaban J connectivity index is 3.32. The number of alkyl halides is 3. The molecule has 0 atom stereocenters. The van der Waals surface area contributed by atoms with Crippen LogP contribution in [-0.4, -0.2) is 21.0 Å². The second-order valence-corrected chi connectivity index (χ2v) is 5.64. The van der Waals surface area contributed by atoms with Gasteiger partial charge >= 0.3 is 5.51 Å². The van der Waals surface area contributed by atoms with Gasteiger partial charge in [0.05, 0.1) is 4.90 Å². The molecule has 1 N–H and O–H groups in total. The van der Waals surface area contributed by atoms with Crippen molar-refractivity contribution < 1.29 is 21.6 Å². The lowest BCUT2D eigenvalue weighted by atomic mass is 10.3. The van der Waals surface area contributed by atoms with Crippen molar-refractivity contribution in [1.29, 1.82) is 0 Å². The second kappa shape index (κ2) is 4.25. The molecule has 0 fully saturated rings. The van der Waals surface area contributed by atoms with Crippen molar-refractivity contribution >= 4 is 31.5 Å². The maximum absolute atomic E-state index is 12.2. The van der Waals surface area contributed by atoms with Crippen LogP contribution in [0.25, 0.3) is 0 Å². The molecule has 0 heterocycles. The molecule has 0 amide bonds. The van der Waals surface area contributed by atoms with Gasteiger partial charge in [0.25, 0.3) is 9.84 Å². The first-order valence-corrected chi connectivity index (χ1v) is 6.26. The summed E-state index contributed by atoms with van der Waals surface area (Å²) in [4.78, 5) is -0.786. The van der Waals surface area contributed by atoms with E-state index in [1.165, 1.54) is 6.07 Å². The van der Waals surface area contributed by atoms with Crippen LogP contribution in [0.15, 0.2) is 27.6 Å². The average Bonchev–Trinajstić information content (AvgIpc) is 2.15. The number of nitrogens with one attached hydrogen (secondary N) is 1. The molecule has 0 aliphatic carbocycles. The van der Waals surface area contributed by atoms with Gasteiger partial charge in [0.15, 0.2) is 0 Å². The molecule has 0 saturated carbocycles. The summed E-state index contributed by atoms with van der Waals surface area (Å²) in [7, 11) is -3.71. The molecule has 3 nitrogen and oxygen atoms in total. The number of benzene rings is 1. The first-order valence-electron chi connectivity index (χ1n) is 3.99. The van der Waals surface area contributed by atoms with E-state index in [2.05, 4.69) is 21.2 Å². The molecule has 1 aromatic rings. The van der Waals surface area contributed by atoms with Crippen molar-refractivity contribution in [3.8, 4) is 0 Å².